The number of rotatable bonds is 5. The van der Waals surface area contributed by atoms with Gasteiger partial charge in [0.1, 0.15) is 0 Å². The third-order valence-electron chi connectivity index (χ3n) is 5.24. The highest BCUT2D eigenvalue weighted by Crippen LogP contribution is 2.27. The number of aromatic nitrogens is 2. The minimum atomic E-state index is 0.147. The monoisotopic (exact) mass is 440 g/mol. The molecule has 4 rings (SSSR count). The molecule has 1 saturated heterocycles. The largest absolute Gasteiger partial charge is 0.367 e. The van der Waals surface area contributed by atoms with Crippen molar-refractivity contribution in [1.29, 1.82) is 0 Å². The molecule has 2 aromatic carbocycles. The number of para-hydroxylation sites is 1. The minimum Gasteiger partial charge on any atom is -0.367 e. The maximum absolute atomic E-state index is 12.8. The number of aryl methyl sites for hydroxylation is 2. The maximum Gasteiger partial charge on any atom is 0.233 e. The van der Waals surface area contributed by atoms with Crippen molar-refractivity contribution in [3.8, 4) is 5.69 Å². The first-order chi connectivity index (χ1) is 14.5. The Morgan fingerprint density at radius 3 is 2.47 bits per heavy atom. The van der Waals surface area contributed by atoms with Crippen LogP contribution in [0.3, 0.4) is 0 Å². The highest BCUT2D eigenvalue weighted by Gasteiger charge is 2.22. The van der Waals surface area contributed by atoms with E-state index in [1.165, 1.54) is 22.9 Å². The number of thioether (sulfide) groups is 1. The Bertz CT molecular complexity index is 1020. The van der Waals surface area contributed by atoms with E-state index >= 15 is 0 Å². The number of hydrogen-bond donors (Lipinski definition) is 0. The molecule has 0 N–H and O–H groups in total. The number of nitrogens with zero attached hydrogens (tertiary/aromatic N) is 4. The van der Waals surface area contributed by atoms with Gasteiger partial charge in [-0.25, -0.2) is 4.98 Å². The smallest absolute Gasteiger partial charge is 0.233 e. The second-order valence-corrected chi connectivity index (χ2v) is 8.88. The van der Waals surface area contributed by atoms with Crippen LogP contribution in [0.4, 0.5) is 5.69 Å². The molecular formula is C23H25ClN4OS. The summed E-state index contributed by atoms with van der Waals surface area (Å²) in [4.78, 5) is 21.4. The van der Waals surface area contributed by atoms with Crippen LogP contribution in [0, 0.1) is 13.8 Å². The molecule has 0 unspecified atom stereocenters. The molecule has 2 heterocycles. The van der Waals surface area contributed by atoms with Crippen LogP contribution in [-0.2, 0) is 4.79 Å². The zero-order valence-electron chi connectivity index (χ0n) is 17.2. The van der Waals surface area contributed by atoms with Gasteiger partial charge in [0, 0.05) is 44.3 Å². The average molecular weight is 441 g/mol. The van der Waals surface area contributed by atoms with E-state index in [0.717, 1.165) is 34.6 Å². The van der Waals surface area contributed by atoms with Crippen LogP contribution in [0.1, 0.15) is 11.1 Å². The van der Waals surface area contributed by atoms with Crippen molar-refractivity contribution in [2.24, 2.45) is 0 Å². The predicted molar refractivity (Wildman–Crippen MR) is 124 cm³/mol. The summed E-state index contributed by atoms with van der Waals surface area (Å²) in [7, 11) is 0. The zero-order chi connectivity index (χ0) is 21.1. The number of hydrogen-bond acceptors (Lipinski definition) is 4. The number of piperazine rings is 1. The number of imidazole rings is 1. The van der Waals surface area contributed by atoms with Crippen molar-refractivity contribution in [2.75, 3.05) is 36.8 Å². The number of halogens is 1. The summed E-state index contributed by atoms with van der Waals surface area (Å²) < 4.78 is 2.05. The van der Waals surface area contributed by atoms with E-state index in [-0.39, 0.29) is 5.91 Å². The molecule has 0 spiro atoms. The molecule has 0 saturated carbocycles. The molecule has 0 aliphatic carbocycles. The number of carbonyl (C=O) groups excluding carboxylic acids is 1. The summed E-state index contributed by atoms with van der Waals surface area (Å²) in [6.07, 6.45) is 3.73. The van der Waals surface area contributed by atoms with E-state index < -0.39 is 0 Å². The molecular weight excluding hydrogens is 416 g/mol. The zero-order valence-corrected chi connectivity index (χ0v) is 18.8. The summed E-state index contributed by atoms with van der Waals surface area (Å²) >= 11 is 7.80. The fourth-order valence-corrected chi connectivity index (χ4v) is 4.94. The normalized spacial score (nSPS) is 14.2. The summed E-state index contributed by atoms with van der Waals surface area (Å²) in [5.74, 6) is 0.530. The first-order valence-corrected chi connectivity index (χ1v) is 11.4. The Balaban J connectivity index is 1.35. The van der Waals surface area contributed by atoms with Crippen LogP contribution >= 0.6 is 23.4 Å². The SMILES string of the molecule is Cc1cc(C)cc(-n2ccnc2SCC(=O)N2CCN(c3ccccc3Cl)CC2)c1. The molecule has 3 aromatic rings. The highest BCUT2D eigenvalue weighted by molar-refractivity contribution is 7.99. The standard InChI is InChI=1S/C23H25ClN4OS/c1-17-13-18(2)15-19(14-17)28-8-7-25-23(28)30-16-22(29)27-11-9-26(10-12-27)21-6-4-3-5-20(21)24/h3-8,13-15H,9-12,16H2,1-2H3. The van der Waals surface area contributed by atoms with E-state index in [0.29, 0.717) is 18.8 Å². The second kappa shape index (κ2) is 9.14. The quantitative estimate of drug-likeness (QED) is 0.544. The van der Waals surface area contributed by atoms with Crippen molar-refractivity contribution in [1.82, 2.24) is 14.5 Å². The van der Waals surface area contributed by atoms with Gasteiger partial charge in [-0.1, -0.05) is 41.6 Å². The molecule has 30 heavy (non-hydrogen) atoms. The lowest BCUT2D eigenvalue weighted by Crippen LogP contribution is -2.49. The number of amides is 1. The third kappa shape index (κ3) is 4.65. The first-order valence-electron chi connectivity index (χ1n) is 10.0. The van der Waals surface area contributed by atoms with Crippen molar-refractivity contribution in [3.05, 3.63) is 71.0 Å². The molecule has 0 radical (unpaired) electrons. The molecule has 1 fully saturated rings. The van der Waals surface area contributed by atoms with Gasteiger partial charge in [-0.2, -0.15) is 0 Å². The molecule has 0 atom stereocenters. The lowest BCUT2D eigenvalue weighted by molar-refractivity contribution is -0.128. The van der Waals surface area contributed by atoms with Crippen LogP contribution in [0.15, 0.2) is 60.0 Å². The predicted octanol–water partition coefficient (Wildman–Crippen LogP) is 4.58. The summed E-state index contributed by atoms with van der Waals surface area (Å²) in [5.41, 5.74) is 4.54. The summed E-state index contributed by atoms with van der Waals surface area (Å²) in [6, 6.07) is 14.3. The van der Waals surface area contributed by atoms with Crippen LogP contribution < -0.4 is 4.90 Å². The number of carbonyl (C=O) groups is 1. The van der Waals surface area contributed by atoms with Crippen LogP contribution in [0.2, 0.25) is 5.02 Å². The lowest BCUT2D eigenvalue weighted by atomic mass is 10.1. The van der Waals surface area contributed by atoms with E-state index in [2.05, 4.69) is 41.9 Å². The van der Waals surface area contributed by atoms with E-state index in [4.69, 9.17) is 11.6 Å². The number of anilines is 1. The van der Waals surface area contributed by atoms with Crippen molar-refractivity contribution >= 4 is 35.0 Å². The van der Waals surface area contributed by atoms with Crippen molar-refractivity contribution < 1.29 is 4.79 Å². The molecule has 1 aliphatic heterocycles. The van der Waals surface area contributed by atoms with E-state index in [9.17, 15) is 4.79 Å². The van der Waals surface area contributed by atoms with Gasteiger partial charge in [0.2, 0.25) is 5.91 Å². The third-order valence-corrected chi connectivity index (χ3v) is 6.51. The first kappa shape index (κ1) is 20.8. The lowest BCUT2D eigenvalue weighted by Gasteiger charge is -2.36. The Hall–Kier alpha value is -2.44. The topological polar surface area (TPSA) is 41.4 Å². The van der Waals surface area contributed by atoms with Gasteiger partial charge in [0.25, 0.3) is 0 Å². The van der Waals surface area contributed by atoms with Gasteiger partial charge in [0.05, 0.1) is 16.5 Å². The van der Waals surface area contributed by atoms with Gasteiger partial charge >= 0.3 is 0 Å². The molecule has 1 amide bonds. The summed E-state index contributed by atoms with van der Waals surface area (Å²) in [5, 5.41) is 1.59. The number of benzene rings is 2. The fourth-order valence-electron chi connectivity index (χ4n) is 3.81. The molecule has 7 heteroatoms. The molecule has 5 nitrogen and oxygen atoms in total. The average Bonchev–Trinajstić information content (AvgIpc) is 3.20. The van der Waals surface area contributed by atoms with Crippen LogP contribution in [0.5, 0.6) is 0 Å². The van der Waals surface area contributed by atoms with Gasteiger partial charge in [-0.15, -0.1) is 0 Å². The van der Waals surface area contributed by atoms with Crippen LogP contribution in [0.25, 0.3) is 5.69 Å². The fraction of sp³-hybridized carbons (Fsp3) is 0.304. The second-order valence-electron chi connectivity index (χ2n) is 7.53. The Kier molecular flexibility index (Phi) is 6.35. The Labute approximate surface area is 186 Å². The van der Waals surface area contributed by atoms with Gasteiger partial charge in [-0.3, -0.25) is 9.36 Å². The maximum atomic E-state index is 12.8. The molecule has 1 aliphatic rings. The Morgan fingerprint density at radius 2 is 1.77 bits per heavy atom. The molecule has 156 valence electrons. The Morgan fingerprint density at radius 1 is 1.07 bits per heavy atom. The van der Waals surface area contributed by atoms with Crippen molar-refractivity contribution in [2.45, 2.75) is 19.0 Å². The molecule has 1 aromatic heterocycles. The van der Waals surface area contributed by atoms with E-state index in [1.54, 1.807) is 6.20 Å². The van der Waals surface area contributed by atoms with Crippen molar-refractivity contribution in [3.63, 3.8) is 0 Å². The van der Waals surface area contributed by atoms with Crippen LogP contribution in [-0.4, -0.2) is 52.3 Å². The van der Waals surface area contributed by atoms with E-state index in [1.807, 2.05) is 39.9 Å². The van der Waals surface area contributed by atoms with Gasteiger partial charge in [-0.05, 0) is 49.2 Å². The summed E-state index contributed by atoms with van der Waals surface area (Å²) in [6.45, 7) is 7.17. The minimum absolute atomic E-state index is 0.147. The molecule has 0 bridgehead atoms. The van der Waals surface area contributed by atoms with Gasteiger partial charge in [0.15, 0.2) is 5.16 Å². The van der Waals surface area contributed by atoms with Gasteiger partial charge < -0.3 is 9.80 Å². The highest BCUT2D eigenvalue weighted by atomic mass is 35.5.